The number of carbonyl (C=O) groups excluding carboxylic acids is 3. The van der Waals surface area contributed by atoms with Gasteiger partial charge >= 0.3 is 17.9 Å². The van der Waals surface area contributed by atoms with Crippen LogP contribution in [0.15, 0.2) is 48.6 Å². The van der Waals surface area contributed by atoms with Crippen LogP contribution in [0.4, 0.5) is 0 Å². The topological polar surface area (TPSA) is 78.9 Å². The lowest BCUT2D eigenvalue weighted by Crippen LogP contribution is -2.30. The van der Waals surface area contributed by atoms with E-state index in [0.717, 1.165) is 70.6 Å². The van der Waals surface area contributed by atoms with E-state index >= 15 is 0 Å². The summed E-state index contributed by atoms with van der Waals surface area (Å²) in [5, 5.41) is 0. The molecule has 0 aromatic heterocycles. The number of hydrogen-bond donors (Lipinski definition) is 0. The fourth-order valence-corrected chi connectivity index (χ4v) is 6.10. The summed E-state index contributed by atoms with van der Waals surface area (Å²) in [5.74, 6) is -0.927. The van der Waals surface area contributed by atoms with Crippen LogP contribution in [0, 0.1) is 0 Å². The van der Waals surface area contributed by atoms with Gasteiger partial charge in [0.15, 0.2) is 6.10 Å². The third-order valence-corrected chi connectivity index (χ3v) is 9.44. The van der Waals surface area contributed by atoms with E-state index in [-0.39, 0.29) is 31.1 Å². The largest absolute Gasteiger partial charge is 0.462 e. The molecule has 306 valence electrons. The summed E-state index contributed by atoms with van der Waals surface area (Å²) in [6.45, 7) is 6.43. The Morgan fingerprint density at radius 1 is 0.396 bits per heavy atom. The molecule has 1 atom stereocenters. The van der Waals surface area contributed by atoms with Gasteiger partial charge in [0.25, 0.3) is 0 Å². The van der Waals surface area contributed by atoms with Gasteiger partial charge < -0.3 is 14.2 Å². The summed E-state index contributed by atoms with van der Waals surface area (Å²) in [5.41, 5.74) is 0. The minimum atomic E-state index is -0.781. The number of allylic oxidation sites excluding steroid dienone is 8. The summed E-state index contributed by atoms with van der Waals surface area (Å²) in [7, 11) is 0. The van der Waals surface area contributed by atoms with Gasteiger partial charge in [0.05, 0.1) is 0 Å². The zero-order valence-electron chi connectivity index (χ0n) is 34.8. The fraction of sp³-hybridized carbons (Fsp3) is 0.766. The van der Waals surface area contributed by atoms with Gasteiger partial charge in [-0.2, -0.15) is 0 Å². The predicted octanol–water partition coefficient (Wildman–Crippen LogP) is 14.0. The number of hydrogen-bond acceptors (Lipinski definition) is 6. The van der Waals surface area contributed by atoms with Crippen LogP contribution in [-0.4, -0.2) is 37.2 Å². The van der Waals surface area contributed by atoms with Gasteiger partial charge in [-0.15, -0.1) is 0 Å². The molecule has 0 saturated carbocycles. The molecule has 0 saturated heterocycles. The summed E-state index contributed by atoms with van der Waals surface area (Å²) in [6.07, 6.45) is 48.1. The van der Waals surface area contributed by atoms with Crippen molar-refractivity contribution in [3.8, 4) is 0 Å². The van der Waals surface area contributed by atoms with Crippen LogP contribution in [0.25, 0.3) is 0 Å². The van der Waals surface area contributed by atoms with Crippen molar-refractivity contribution in [3.05, 3.63) is 48.6 Å². The molecule has 0 heterocycles. The lowest BCUT2D eigenvalue weighted by Gasteiger charge is -2.18. The molecule has 0 radical (unpaired) electrons. The van der Waals surface area contributed by atoms with Crippen LogP contribution in [0.2, 0.25) is 0 Å². The first-order valence-corrected chi connectivity index (χ1v) is 22.2. The van der Waals surface area contributed by atoms with E-state index in [9.17, 15) is 14.4 Å². The number of rotatable bonds is 39. The van der Waals surface area contributed by atoms with Crippen molar-refractivity contribution in [2.45, 2.75) is 219 Å². The molecule has 0 aliphatic heterocycles. The summed E-state index contributed by atoms with van der Waals surface area (Å²) in [4.78, 5) is 37.6. The Kier molecular flexibility index (Phi) is 40.0. The van der Waals surface area contributed by atoms with Gasteiger partial charge in [-0.3, -0.25) is 14.4 Å². The average Bonchev–Trinajstić information content (AvgIpc) is 3.15. The van der Waals surface area contributed by atoms with Crippen LogP contribution in [-0.2, 0) is 28.6 Å². The number of unbranched alkanes of at least 4 members (excludes halogenated alkanes) is 23. The Morgan fingerprint density at radius 2 is 0.736 bits per heavy atom. The minimum Gasteiger partial charge on any atom is -0.462 e. The van der Waals surface area contributed by atoms with Crippen molar-refractivity contribution >= 4 is 17.9 Å². The molecule has 0 aliphatic rings. The monoisotopic (exact) mass is 743 g/mol. The highest BCUT2D eigenvalue weighted by Crippen LogP contribution is 2.15. The van der Waals surface area contributed by atoms with Crippen molar-refractivity contribution in [2.24, 2.45) is 0 Å². The van der Waals surface area contributed by atoms with Crippen LogP contribution >= 0.6 is 0 Å². The summed E-state index contributed by atoms with van der Waals surface area (Å²) >= 11 is 0. The van der Waals surface area contributed by atoms with Crippen LogP contribution in [0.3, 0.4) is 0 Å². The molecule has 6 nitrogen and oxygen atoms in total. The molecule has 1 unspecified atom stereocenters. The van der Waals surface area contributed by atoms with Crippen molar-refractivity contribution in [2.75, 3.05) is 13.2 Å². The number of esters is 3. The van der Waals surface area contributed by atoms with E-state index in [1.807, 2.05) is 36.5 Å². The third-order valence-electron chi connectivity index (χ3n) is 9.44. The lowest BCUT2D eigenvalue weighted by molar-refractivity contribution is -0.167. The van der Waals surface area contributed by atoms with E-state index in [1.54, 1.807) is 0 Å². The van der Waals surface area contributed by atoms with E-state index in [2.05, 4.69) is 32.9 Å². The average molecular weight is 743 g/mol. The van der Waals surface area contributed by atoms with Gasteiger partial charge in [-0.25, -0.2) is 0 Å². The maximum atomic E-state index is 12.7. The first-order valence-electron chi connectivity index (χ1n) is 22.2. The fourth-order valence-electron chi connectivity index (χ4n) is 6.10. The van der Waals surface area contributed by atoms with E-state index in [4.69, 9.17) is 14.2 Å². The quantitative estimate of drug-likeness (QED) is 0.0270. The Morgan fingerprint density at radius 3 is 1.15 bits per heavy atom. The molecule has 0 fully saturated rings. The highest BCUT2D eigenvalue weighted by atomic mass is 16.6. The molecule has 53 heavy (non-hydrogen) atoms. The molecular weight excluding hydrogens is 661 g/mol. The van der Waals surface area contributed by atoms with Crippen LogP contribution in [0.1, 0.15) is 213 Å². The summed E-state index contributed by atoms with van der Waals surface area (Å²) < 4.78 is 16.6. The molecule has 0 N–H and O–H groups in total. The van der Waals surface area contributed by atoms with Crippen LogP contribution in [0.5, 0.6) is 0 Å². The van der Waals surface area contributed by atoms with Gasteiger partial charge in [0, 0.05) is 19.3 Å². The second kappa shape index (κ2) is 42.1. The van der Waals surface area contributed by atoms with Crippen molar-refractivity contribution < 1.29 is 28.6 Å². The lowest BCUT2D eigenvalue weighted by atomic mass is 10.0. The van der Waals surface area contributed by atoms with Crippen LogP contribution < -0.4 is 0 Å². The highest BCUT2D eigenvalue weighted by molar-refractivity contribution is 5.71. The molecule has 0 amide bonds. The molecule has 0 spiro atoms. The Balaban J connectivity index is 4.42. The Bertz CT molecular complexity index is 949. The maximum Gasteiger partial charge on any atom is 0.306 e. The molecule has 0 aromatic rings. The maximum absolute atomic E-state index is 12.7. The van der Waals surface area contributed by atoms with Gasteiger partial charge in [0.2, 0.25) is 0 Å². The van der Waals surface area contributed by atoms with E-state index < -0.39 is 6.10 Å². The summed E-state index contributed by atoms with van der Waals surface area (Å²) in [6, 6.07) is 0. The minimum absolute atomic E-state index is 0.0834. The number of carbonyl (C=O) groups is 3. The third kappa shape index (κ3) is 40.4. The molecule has 0 aliphatic carbocycles. The zero-order chi connectivity index (χ0) is 38.7. The second-order valence-corrected chi connectivity index (χ2v) is 14.7. The zero-order valence-corrected chi connectivity index (χ0v) is 34.8. The van der Waals surface area contributed by atoms with E-state index in [1.165, 1.54) is 103 Å². The Hall–Kier alpha value is -2.63. The van der Waals surface area contributed by atoms with Crippen molar-refractivity contribution in [3.63, 3.8) is 0 Å². The standard InChI is InChI=1S/C47H82O6/c1-4-7-10-13-16-19-21-23-25-28-31-34-37-40-46(49)52-43-44(42-51-45(48)39-36-33-30-27-18-15-12-9-6-3)53-47(50)41-38-35-32-29-26-24-22-20-17-14-11-8-5-2/h7,10,13,16,19,21,23,25,44H,4-6,8-9,11-12,14-15,17-18,20,22,24,26-43H2,1-3H3/b10-7-,16-13-,21-19-,25-23-. The smallest absolute Gasteiger partial charge is 0.306 e. The molecule has 0 aromatic carbocycles. The van der Waals surface area contributed by atoms with Crippen molar-refractivity contribution in [1.29, 1.82) is 0 Å². The molecule has 0 rings (SSSR count). The second-order valence-electron chi connectivity index (χ2n) is 14.7. The SMILES string of the molecule is CC\C=C/C=C\C=C/C=C\CCCCCC(=O)OCC(COC(=O)CCCCCCCCCCC)OC(=O)CCCCCCCCCCCCCCC. The first-order chi connectivity index (χ1) is 26.0. The first kappa shape index (κ1) is 50.4. The van der Waals surface area contributed by atoms with E-state index in [0.29, 0.717) is 19.3 Å². The van der Waals surface area contributed by atoms with Gasteiger partial charge in [-0.05, 0) is 38.5 Å². The molecule has 0 bridgehead atoms. The normalized spacial score (nSPS) is 12.4. The Labute approximate surface area is 327 Å². The molecule has 6 heteroatoms. The van der Waals surface area contributed by atoms with Crippen molar-refractivity contribution in [1.82, 2.24) is 0 Å². The molecular formula is C47H82O6. The van der Waals surface area contributed by atoms with Gasteiger partial charge in [0.1, 0.15) is 13.2 Å². The highest BCUT2D eigenvalue weighted by Gasteiger charge is 2.19. The van der Waals surface area contributed by atoms with Gasteiger partial charge in [-0.1, -0.05) is 204 Å². The predicted molar refractivity (Wildman–Crippen MR) is 224 cm³/mol. The number of ether oxygens (including phenoxy) is 3.